The molecule has 1 saturated heterocycles. The van der Waals surface area contributed by atoms with Crippen LogP contribution in [0.3, 0.4) is 0 Å². The minimum absolute atomic E-state index is 0.175. The van der Waals surface area contributed by atoms with E-state index < -0.39 is 11.4 Å². The molecule has 1 aliphatic heterocycles. The molecule has 1 fully saturated rings. The highest BCUT2D eigenvalue weighted by Gasteiger charge is 2.42. The molecular formula is C21H22FNO4. The summed E-state index contributed by atoms with van der Waals surface area (Å²) in [4.78, 5) is 24.2. The van der Waals surface area contributed by atoms with Crippen LogP contribution in [0.2, 0.25) is 0 Å². The maximum absolute atomic E-state index is 13.8. The molecule has 1 atom stereocenters. The fourth-order valence-corrected chi connectivity index (χ4v) is 3.49. The van der Waals surface area contributed by atoms with Crippen molar-refractivity contribution in [1.82, 2.24) is 5.32 Å². The summed E-state index contributed by atoms with van der Waals surface area (Å²) < 4.78 is 19.2. The summed E-state index contributed by atoms with van der Waals surface area (Å²) in [6, 6.07) is 12.3. The Kier molecular flexibility index (Phi) is 5.56. The summed E-state index contributed by atoms with van der Waals surface area (Å²) in [6.07, 6.45) is 0.958. The van der Waals surface area contributed by atoms with E-state index in [9.17, 15) is 14.0 Å². The number of carboxylic acid groups (broad SMARTS) is 1. The van der Waals surface area contributed by atoms with Crippen molar-refractivity contribution in [1.29, 1.82) is 0 Å². The molecule has 6 heteroatoms. The fraction of sp³-hybridized carbons (Fsp3) is 0.333. The van der Waals surface area contributed by atoms with E-state index in [1.54, 1.807) is 24.3 Å². The van der Waals surface area contributed by atoms with Crippen LogP contribution in [-0.2, 0) is 14.9 Å². The van der Waals surface area contributed by atoms with Gasteiger partial charge in [-0.1, -0.05) is 24.3 Å². The lowest BCUT2D eigenvalue weighted by atomic mass is 9.73. The van der Waals surface area contributed by atoms with Gasteiger partial charge in [0.1, 0.15) is 5.82 Å². The van der Waals surface area contributed by atoms with Crippen molar-refractivity contribution in [3.63, 3.8) is 0 Å². The molecule has 0 aromatic heterocycles. The van der Waals surface area contributed by atoms with Gasteiger partial charge in [0, 0.05) is 13.2 Å². The number of ether oxygens (including phenoxy) is 1. The predicted octanol–water partition coefficient (Wildman–Crippen LogP) is 3.45. The number of hydrogen-bond donors (Lipinski definition) is 2. The minimum atomic E-state index is -0.995. The number of nitrogens with one attached hydrogen (secondary N) is 1. The van der Waals surface area contributed by atoms with E-state index in [2.05, 4.69) is 5.32 Å². The number of carbonyl (C=O) groups is 2. The van der Waals surface area contributed by atoms with Crippen molar-refractivity contribution in [3.05, 3.63) is 71.0 Å². The second kappa shape index (κ2) is 7.88. The van der Waals surface area contributed by atoms with Crippen LogP contribution in [0.4, 0.5) is 4.39 Å². The Balaban J connectivity index is 1.83. The van der Waals surface area contributed by atoms with Gasteiger partial charge in [-0.15, -0.1) is 0 Å². The molecule has 0 radical (unpaired) electrons. The van der Waals surface area contributed by atoms with Crippen LogP contribution >= 0.6 is 0 Å². The Morgan fingerprint density at radius 2 is 1.81 bits per heavy atom. The van der Waals surface area contributed by atoms with Gasteiger partial charge in [0.2, 0.25) is 5.91 Å². The number of halogens is 1. The molecule has 0 spiro atoms. The molecule has 27 heavy (non-hydrogen) atoms. The molecule has 0 bridgehead atoms. The van der Waals surface area contributed by atoms with Gasteiger partial charge in [-0.3, -0.25) is 4.79 Å². The van der Waals surface area contributed by atoms with Gasteiger partial charge in [-0.05, 0) is 55.2 Å². The highest BCUT2D eigenvalue weighted by molar-refractivity contribution is 5.89. The van der Waals surface area contributed by atoms with E-state index in [1.807, 2.05) is 6.92 Å². The van der Waals surface area contributed by atoms with Crippen LogP contribution in [0.15, 0.2) is 48.5 Å². The highest BCUT2D eigenvalue weighted by atomic mass is 19.1. The van der Waals surface area contributed by atoms with Crippen molar-refractivity contribution in [2.45, 2.75) is 31.2 Å². The highest BCUT2D eigenvalue weighted by Crippen LogP contribution is 2.36. The molecule has 5 nitrogen and oxygen atoms in total. The number of aromatic carboxylic acids is 1. The summed E-state index contributed by atoms with van der Waals surface area (Å²) in [5, 5.41) is 12.0. The molecule has 1 amide bonds. The Hall–Kier alpha value is -2.73. The summed E-state index contributed by atoms with van der Waals surface area (Å²) in [6.45, 7) is 2.71. The van der Waals surface area contributed by atoms with Gasteiger partial charge in [-0.25, -0.2) is 9.18 Å². The molecule has 142 valence electrons. The zero-order valence-electron chi connectivity index (χ0n) is 15.1. The van der Waals surface area contributed by atoms with Gasteiger partial charge in [0.25, 0.3) is 0 Å². The van der Waals surface area contributed by atoms with E-state index in [0.717, 1.165) is 5.56 Å². The molecule has 3 rings (SSSR count). The zero-order chi connectivity index (χ0) is 19.4. The van der Waals surface area contributed by atoms with Crippen LogP contribution in [-0.4, -0.2) is 30.2 Å². The quantitative estimate of drug-likeness (QED) is 0.844. The Morgan fingerprint density at radius 3 is 2.41 bits per heavy atom. The maximum Gasteiger partial charge on any atom is 0.335 e. The number of carbonyl (C=O) groups excluding carboxylic acids is 1. The SMILES string of the molecule is C[C@H](NC(=O)C1(c2cccc(F)c2)CCOCC1)c1ccc(C(=O)O)cc1. The van der Waals surface area contributed by atoms with Gasteiger partial charge in [-0.2, -0.15) is 0 Å². The second-order valence-corrected chi connectivity index (χ2v) is 6.83. The molecule has 0 unspecified atom stereocenters. The van der Waals surface area contributed by atoms with Gasteiger partial charge in [0.05, 0.1) is 17.0 Å². The number of benzene rings is 2. The van der Waals surface area contributed by atoms with E-state index in [1.165, 1.54) is 24.3 Å². The van der Waals surface area contributed by atoms with Crippen LogP contribution in [0, 0.1) is 5.82 Å². The molecule has 0 aliphatic carbocycles. The minimum Gasteiger partial charge on any atom is -0.478 e. The zero-order valence-corrected chi connectivity index (χ0v) is 15.1. The molecule has 2 N–H and O–H groups in total. The maximum atomic E-state index is 13.8. The smallest absolute Gasteiger partial charge is 0.335 e. The number of amides is 1. The third-order valence-electron chi connectivity index (χ3n) is 5.16. The topological polar surface area (TPSA) is 75.6 Å². The van der Waals surface area contributed by atoms with Crippen LogP contribution in [0.1, 0.15) is 47.3 Å². The first-order chi connectivity index (χ1) is 12.9. The first kappa shape index (κ1) is 19.0. The van der Waals surface area contributed by atoms with Gasteiger partial charge >= 0.3 is 5.97 Å². The average Bonchev–Trinajstić information content (AvgIpc) is 2.68. The van der Waals surface area contributed by atoms with E-state index in [-0.39, 0.29) is 23.3 Å². The monoisotopic (exact) mass is 371 g/mol. The lowest BCUT2D eigenvalue weighted by Crippen LogP contribution is -2.48. The summed E-state index contributed by atoms with van der Waals surface area (Å²) in [5.41, 5.74) is 0.805. The second-order valence-electron chi connectivity index (χ2n) is 6.83. The van der Waals surface area contributed by atoms with E-state index in [0.29, 0.717) is 31.6 Å². The third-order valence-corrected chi connectivity index (χ3v) is 5.16. The summed E-state index contributed by atoms with van der Waals surface area (Å²) in [5.74, 6) is -1.54. The molecule has 0 saturated carbocycles. The molecule has 1 aliphatic rings. The number of hydrogen-bond acceptors (Lipinski definition) is 3. The van der Waals surface area contributed by atoms with Crippen LogP contribution in [0.25, 0.3) is 0 Å². The first-order valence-electron chi connectivity index (χ1n) is 8.90. The number of carboxylic acids is 1. The molecular weight excluding hydrogens is 349 g/mol. The average molecular weight is 371 g/mol. The Morgan fingerprint density at radius 1 is 1.15 bits per heavy atom. The van der Waals surface area contributed by atoms with Crippen molar-refractivity contribution >= 4 is 11.9 Å². The Bertz CT molecular complexity index is 828. The predicted molar refractivity (Wildman–Crippen MR) is 98.1 cm³/mol. The van der Waals surface area contributed by atoms with Crippen LogP contribution < -0.4 is 5.32 Å². The fourth-order valence-electron chi connectivity index (χ4n) is 3.49. The number of rotatable bonds is 5. The van der Waals surface area contributed by atoms with Crippen LogP contribution in [0.5, 0.6) is 0 Å². The van der Waals surface area contributed by atoms with Crippen molar-refractivity contribution in [3.8, 4) is 0 Å². The lowest BCUT2D eigenvalue weighted by Gasteiger charge is -2.37. The standard InChI is InChI=1S/C21H22FNO4/c1-14(15-5-7-16(8-6-15)19(24)25)23-20(26)21(9-11-27-12-10-21)17-3-2-4-18(22)13-17/h2-8,13-14H,9-12H2,1H3,(H,23,26)(H,24,25)/t14-/m0/s1. The first-order valence-corrected chi connectivity index (χ1v) is 8.90. The molecule has 2 aromatic carbocycles. The van der Waals surface area contributed by atoms with E-state index in [4.69, 9.17) is 9.84 Å². The normalized spacial score (nSPS) is 17.1. The van der Waals surface area contributed by atoms with Gasteiger partial charge < -0.3 is 15.2 Å². The van der Waals surface area contributed by atoms with Gasteiger partial charge in [0.15, 0.2) is 0 Å². The Labute approximate surface area is 157 Å². The van der Waals surface area contributed by atoms with E-state index >= 15 is 0 Å². The van der Waals surface area contributed by atoms with Crippen molar-refractivity contribution < 1.29 is 23.8 Å². The third kappa shape index (κ3) is 4.01. The summed E-state index contributed by atoms with van der Waals surface area (Å²) >= 11 is 0. The molecule has 2 aromatic rings. The largest absolute Gasteiger partial charge is 0.478 e. The lowest BCUT2D eigenvalue weighted by molar-refractivity contribution is -0.131. The molecule has 1 heterocycles. The summed E-state index contributed by atoms with van der Waals surface area (Å²) in [7, 11) is 0. The van der Waals surface area contributed by atoms with Crippen molar-refractivity contribution in [2.24, 2.45) is 0 Å². The van der Waals surface area contributed by atoms with Crippen molar-refractivity contribution in [2.75, 3.05) is 13.2 Å².